The molecule has 0 saturated carbocycles. The lowest BCUT2D eigenvalue weighted by Gasteiger charge is -2.44. The van der Waals surface area contributed by atoms with Crippen molar-refractivity contribution in [2.45, 2.75) is 68.2 Å². The minimum absolute atomic E-state index is 0.0719. The zero-order valence-corrected chi connectivity index (χ0v) is 25.7. The van der Waals surface area contributed by atoms with E-state index >= 15 is 4.39 Å². The Hall–Kier alpha value is -2.97. The molecule has 2 aromatic rings. The monoisotopic (exact) mass is 624 g/mol. The summed E-state index contributed by atoms with van der Waals surface area (Å²) in [7, 11) is -1.32. The number of alkyl halides is 1. The van der Waals surface area contributed by atoms with Gasteiger partial charge in [-0.3, -0.25) is 4.90 Å². The molecule has 2 saturated heterocycles. The number of sulfonamides is 1. The SMILES string of the molecule is COc1ccc(C[C@@H]([C@H](O)CN(CC(C)(C)F)S(=O)(=O)c2ccc(OC)cc2)N(C(=O)O)[C@H]2CCO[C@H]3OCC[C@H]32)cc1. The van der Waals surface area contributed by atoms with Crippen molar-refractivity contribution in [1.82, 2.24) is 9.21 Å². The number of amides is 1. The highest BCUT2D eigenvalue weighted by atomic mass is 32.2. The van der Waals surface area contributed by atoms with Crippen molar-refractivity contribution in [3.63, 3.8) is 0 Å². The number of aliphatic hydroxyl groups is 1. The van der Waals surface area contributed by atoms with E-state index in [9.17, 15) is 23.4 Å². The van der Waals surface area contributed by atoms with E-state index in [0.29, 0.717) is 36.5 Å². The smallest absolute Gasteiger partial charge is 0.407 e. The maximum Gasteiger partial charge on any atom is 0.407 e. The number of carbonyl (C=O) groups is 1. The van der Waals surface area contributed by atoms with Crippen LogP contribution in [-0.4, -0.2) is 105 Å². The lowest BCUT2D eigenvalue weighted by Crippen LogP contribution is -2.60. The standard InChI is InChI=1S/C30H41FN2O9S/c1-30(2,31)19-32(43(37,38)23-11-9-22(40-4)10-12-23)18-27(34)26(17-20-5-7-21(39-3)8-6-20)33(29(35)36)25-14-16-42-28-24(25)13-15-41-28/h5-12,24-28,34H,13-19H2,1-4H3,(H,35,36)/t24-,25-,26-,27+,28+/m0/s1. The third-order valence-corrected chi connectivity index (χ3v) is 9.72. The van der Waals surface area contributed by atoms with Gasteiger partial charge in [0.05, 0.1) is 44.5 Å². The summed E-state index contributed by atoms with van der Waals surface area (Å²) in [5.41, 5.74) is -1.25. The van der Waals surface area contributed by atoms with E-state index in [1.165, 1.54) is 57.2 Å². The van der Waals surface area contributed by atoms with Gasteiger partial charge in [-0.1, -0.05) is 12.1 Å². The van der Waals surface area contributed by atoms with Crippen LogP contribution in [0.2, 0.25) is 0 Å². The zero-order valence-electron chi connectivity index (χ0n) is 24.9. The summed E-state index contributed by atoms with van der Waals surface area (Å²) in [6.07, 6.45) is -2.30. The van der Waals surface area contributed by atoms with Crippen LogP contribution in [0.3, 0.4) is 0 Å². The van der Waals surface area contributed by atoms with Crippen LogP contribution in [0.5, 0.6) is 11.5 Å². The predicted molar refractivity (Wildman–Crippen MR) is 156 cm³/mol. The largest absolute Gasteiger partial charge is 0.497 e. The number of halogens is 1. The van der Waals surface area contributed by atoms with E-state index in [1.807, 2.05) is 0 Å². The highest BCUT2D eigenvalue weighted by molar-refractivity contribution is 7.89. The fourth-order valence-electron chi connectivity index (χ4n) is 5.84. The van der Waals surface area contributed by atoms with Crippen molar-refractivity contribution in [3.8, 4) is 11.5 Å². The molecule has 1 amide bonds. The molecule has 2 aliphatic rings. The van der Waals surface area contributed by atoms with E-state index in [4.69, 9.17) is 18.9 Å². The lowest BCUT2D eigenvalue weighted by molar-refractivity contribution is -0.172. The summed E-state index contributed by atoms with van der Waals surface area (Å²) in [4.78, 5) is 14.0. The first-order valence-electron chi connectivity index (χ1n) is 14.2. The minimum Gasteiger partial charge on any atom is -0.497 e. The van der Waals surface area contributed by atoms with Gasteiger partial charge in [0.15, 0.2) is 6.29 Å². The Morgan fingerprint density at radius 1 is 1.02 bits per heavy atom. The van der Waals surface area contributed by atoms with Crippen molar-refractivity contribution >= 4 is 16.1 Å². The van der Waals surface area contributed by atoms with Crippen molar-refractivity contribution in [3.05, 3.63) is 54.1 Å². The predicted octanol–water partition coefficient (Wildman–Crippen LogP) is 3.55. The van der Waals surface area contributed by atoms with E-state index in [2.05, 4.69) is 0 Å². The summed E-state index contributed by atoms with van der Waals surface area (Å²) in [6, 6.07) is 11.0. The Labute approximate surface area is 252 Å². The Kier molecular flexibility index (Phi) is 10.5. The Bertz CT molecular complexity index is 1320. The number of methoxy groups -OCH3 is 2. The molecule has 11 nitrogen and oxygen atoms in total. The van der Waals surface area contributed by atoms with Gasteiger partial charge in [-0.25, -0.2) is 17.6 Å². The molecule has 0 aliphatic carbocycles. The van der Waals surface area contributed by atoms with E-state index < -0.39 is 59.4 Å². The fraction of sp³-hybridized carbons (Fsp3) is 0.567. The summed E-state index contributed by atoms with van der Waals surface area (Å²) >= 11 is 0. The maximum absolute atomic E-state index is 15.0. The Morgan fingerprint density at radius 2 is 1.58 bits per heavy atom. The molecule has 0 unspecified atom stereocenters. The second-order valence-corrected chi connectivity index (χ2v) is 13.4. The van der Waals surface area contributed by atoms with Crippen molar-refractivity contribution in [2.75, 3.05) is 40.5 Å². The molecule has 0 bridgehead atoms. The minimum atomic E-state index is -4.30. The van der Waals surface area contributed by atoms with Crippen LogP contribution in [0.1, 0.15) is 32.3 Å². The Morgan fingerprint density at radius 3 is 2.12 bits per heavy atom. The van der Waals surface area contributed by atoms with E-state index in [1.54, 1.807) is 24.3 Å². The van der Waals surface area contributed by atoms with E-state index in [0.717, 1.165) is 4.31 Å². The van der Waals surface area contributed by atoms with Gasteiger partial charge in [-0.2, -0.15) is 4.31 Å². The lowest BCUT2D eigenvalue weighted by atomic mass is 9.88. The van der Waals surface area contributed by atoms with Crippen LogP contribution < -0.4 is 9.47 Å². The molecule has 0 aromatic heterocycles. The summed E-state index contributed by atoms with van der Waals surface area (Å²) in [5.74, 6) is 0.797. The molecule has 238 valence electrons. The average Bonchev–Trinajstić information content (AvgIpc) is 3.46. The number of benzene rings is 2. The van der Waals surface area contributed by atoms with Gasteiger partial charge in [0.1, 0.15) is 17.2 Å². The van der Waals surface area contributed by atoms with Gasteiger partial charge in [0.2, 0.25) is 10.0 Å². The van der Waals surface area contributed by atoms with Crippen molar-refractivity contribution < 1.29 is 46.8 Å². The summed E-state index contributed by atoms with van der Waals surface area (Å²) in [6.45, 7) is 2.09. The number of ether oxygens (including phenoxy) is 4. The van der Waals surface area contributed by atoms with Crippen LogP contribution in [-0.2, 0) is 25.9 Å². The zero-order chi connectivity index (χ0) is 31.4. The van der Waals surface area contributed by atoms with Crippen molar-refractivity contribution in [2.24, 2.45) is 5.92 Å². The maximum atomic E-state index is 15.0. The third-order valence-electron chi connectivity index (χ3n) is 7.90. The molecule has 0 spiro atoms. The molecule has 2 N–H and O–H groups in total. The highest BCUT2D eigenvalue weighted by Gasteiger charge is 2.47. The average molecular weight is 625 g/mol. The summed E-state index contributed by atoms with van der Waals surface area (Å²) in [5, 5.41) is 22.3. The van der Waals surface area contributed by atoms with Gasteiger partial charge >= 0.3 is 6.09 Å². The second-order valence-electron chi connectivity index (χ2n) is 11.5. The molecule has 2 aliphatic heterocycles. The van der Waals surface area contributed by atoms with Gasteiger partial charge in [-0.05, 0) is 75.1 Å². The topological polar surface area (TPSA) is 135 Å². The molecule has 2 fully saturated rings. The number of nitrogens with zero attached hydrogens (tertiary/aromatic N) is 2. The molecule has 2 heterocycles. The molecule has 13 heteroatoms. The molecular weight excluding hydrogens is 583 g/mol. The third kappa shape index (κ3) is 7.95. The van der Waals surface area contributed by atoms with Gasteiger partial charge in [0, 0.05) is 25.0 Å². The number of fused-ring (bicyclic) bond motifs is 1. The van der Waals surface area contributed by atoms with Gasteiger partial charge in [0.25, 0.3) is 0 Å². The first kappa shape index (κ1) is 32.9. The highest BCUT2D eigenvalue weighted by Crippen LogP contribution is 2.36. The number of hydrogen-bond donors (Lipinski definition) is 2. The van der Waals surface area contributed by atoms with Crippen LogP contribution >= 0.6 is 0 Å². The molecule has 2 aromatic carbocycles. The van der Waals surface area contributed by atoms with E-state index in [-0.39, 0.29) is 23.8 Å². The number of hydrogen-bond acceptors (Lipinski definition) is 8. The first-order chi connectivity index (χ1) is 20.3. The van der Waals surface area contributed by atoms with Crippen LogP contribution in [0.4, 0.5) is 9.18 Å². The number of carboxylic acid groups (broad SMARTS) is 1. The molecule has 0 radical (unpaired) electrons. The molecule has 5 atom stereocenters. The number of rotatable bonds is 13. The molecule has 4 rings (SSSR count). The van der Waals surface area contributed by atoms with Crippen LogP contribution in [0, 0.1) is 5.92 Å². The molecular formula is C30H41FN2O9S. The molecule has 43 heavy (non-hydrogen) atoms. The normalized spacial score (nSPS) is 22.1. The first-order valence-corrected chi connectivity index (χ1v) is 15.7. The van der Waals surface area contributed by atoms with Crippen molar-refractivity contribution in [1.29, 1.82) is 0 Å². The van der Waals surface area contributed by atoms with Crippen LogP contribution in [0.25, 0.3) is 0 Å². The summed E-state index contributed by atoms with van der Waals surface area (Å²) < 4.78 is 65.3. The van der Waals surface area contributed by atoms with Crippen LogP contribution in [0.15, 0.2) is 53.4 Å². The Balaban J connectivity index is 1.71. The quantitative estimate of drug-likeness (QED) is 0.343. The fourth-order valence-corrected chi connectivity index (χ4v) is 7.44. The number of aliphatic hydroxyl groups excluding tert-OH is 1. The van der Waals surface area contributed by atoms with Gasteiger partial charge < -0.3 is 29.2 Å². The second kappa shape index (κ2) is 13.8. The van der Waals surface area contributed by atoms with Gasteiger partial charge in [-0.15, -0.1) is 0 Å².